The second-order valence-corrected chi connectivity index (χ2v) is 13.6. The maximum absolute atomic E-state index is 12.5. The molecule has 14 heteroatoms. The van der Waals surface area contributed by atoms with Gasteiger partial charge in [-0.05, 0) is 89.4 Å². The number of nitriles is 2. The molecular weight excluding hydrogens is 749 g/mol. The van der Waals surface area contributed by atoms with E-state index in [1.165, 1.54) is 12.4 Å². The number of anilines is 6. The molecule has 0 bridgehead atoms. The largest absolute Gasteiger partial charge is 0.492 e. The van der Waals surface area contributed by atoms with Gasteiger partial charge in [-0.25, -0.2) is 0 Å². The maximum Gasteiger partial charge on any atom is 0.224 e. The number of nitrogen functional groups attached to an aromatic ring is 1. The number of benzene rings is 4. The minimum atomic E-state index is -0.0964. The van der Waals surface area contributed by atoms with Crippen molar-refractivity contribution in [3.8, 4) is 23.6 Å². The lowest BCUT2D eigenvalue weighted by molar-refractivity contribution is -0.116. The average Bonchev–Trinajstić information content (AvgIpc) is 3.16. The molecule has 286 valence electrons. The quantitative estimate of drug-likeness (QED) is 0.0820. The van der Waals surface area contributed by atoms with Crippen LogP contribution < -0.4 is 31.2 Å². The number of fused-ring (bicyclic) bond motifs is 2. The zero-order chi connectivity index (χ0) is 40.2. The van der Waals surface area contributed by atoms with E-state index in [2.05, 4.69) is 38.1 Å². The van der Waals surface area contributed by atoms with Crippen LogP contribution in [0.1, 0.15) is 37.8 Å². The van der Waals surface area contributed by atoms with Gasteiger partial charge < -0.3 is 36.1 Å². The summed E-state index contributed by atoms with van der Waals surface area (Å²) in [4.78, 5) is 23.3. The molecule has 0 spiro atoms. The molecule has 0 aliphatic carbocycles. The van der Waals surface area contributed by atoms with Gasteiger partial charge in [-0.2, -0.15) is 10.5 Å². The summed E-state index contributed by atoms with van der Waals surface area (Å²) in [5.74, 6) is 1.02. The maximum atomic E-state index is 12.5. The van der Waals surface area contributed by atoms with Crippen molar-refractivity contribution in [3.05, 3.63) is 106 Å². The number of nitrogens with one attached hydrogen (secondary N) is 3. The Morgan fingerprint density at radius 2 is 1.30 bits per heavy atom. The van der Waals surface area contributed by atoms with Crippen LogP contribution >= 0.6 is 23.2 Å². The summed E-state index contributed by atoms with van der Waals surface area (Å²) in [5.41, 5.74) is 12.0. The van der Waals surface area contributed by atoms with Gasteiger partial charge >= 0.3 is 0 Å². The molecule has 0 unspecified atom stereocenters. The van der Waals surface area contributed by atoms with Crippen LogP contribution in [0, 0.1) is 22.7 Å². The lowest BCUT2D eigenvalue weighted by Gasteiger charge is -2.16. The van der Waals surface area contributed by atoms with Gasteiger partial charge in [-0.3, -0.25) is 14.8 Å². The van der Waals surface area contributed by atoms with Gasteiger partial charge in [0.2, 0.25) is 5.91 Å². The number of halogens is 2. The number of nitrogens with two attached hydrogens (primary N) is 1. The fourth-order valence-electron chi connectivity index (χ4n) is 5.74. The van der Waals surface area contributed by atoms with Gasteiger partial charge in [0, 0.05) is 63.1 Å². The Kier molecular flexibility index (Phi) is 14.1. The summed E-state index contributed by atoms with van der Waals surface area (Å²) < 4.78 is 11.3. The molecule has 12 nitrogen and oxygen atoms in total. The monoisotopic (exact) mass is 789 g/mol. The van der Waals surface area contributed by atoms with Gasteiger partial charge in [-0.1, -0.05) is 35.3 Å². The number of amides is 1. The Morgan fingerprint density at radius 3 is 1.80 bits per heavy atom. The molecule has 0 radical (unpaired) electrons. The Labute approximate surface area is 335 Å². The number of pyridine rings is 2. The highest BCUT2D eigenvalue weighted by molar-refractivity contribution is 6.31. The first-order chi connectivity index (χ1) is 27.0. The van der Waals surface area contributed by atoms with Gasteiger partial charge in [0.25, 0.3) is 0 Å². The number of ether oxygens (including phenoxy) is 2. The highest BCUT2D eigenvalue weighted by Crippen LogP contribution is 2.37. The molecule has 6 rings (SSSR count). The van der Waals surface area contributed by atoms with E-state index in [0.29, 0.717) is 91.5 Å². The van der Waals surface area contributed by atoms with Crippen LogP contribution in [0.3, 0.4) is 0 Å². The molecule has 0 saturated heterocycles. The van der Waals surface area contributed by atoms with Crippen LogP contribution in [0.4, 0.5) is 34.1 Å². The molecule has 0 aliphatic rings. The number of carbonyl (C=O) groups excluding carboxylic acids is 1. The Morgan fingerprint density at radius 1 is 0.786 bits per heavy atom. The molecule has 0 saturated carbocycles. The zero-order valence-corrected chi connectivity index (χ0v) is 32.9. The van der Waals surface area contributed by atoms with Crippen LogP contribution in [0.2, 0.25) is 10.0 Å². The SMILES string of the molecule is CCOc1cc2ncc(C#N)c(Nc3cccc(Cl)c3)c2cc1N.CCOc1cc2ncc(C#N)c(Nc3cccc(Cl)c3)c2cc1NC(=O)CCCN(C)C. The predicted molar refractivity (Wildman–Crippen MR) is 226 cm³/mol. The van der Waals surface area contributed by atoms with Crippen LogP contribution in [0.25, 0.3) is 21.8 Å². The standard InChI is InChI=1S/C24H26ClN5O2.C18H15ClN4O/c1-4-32-22-13-20-19(12-21(22)29-23(31)9-6-10-30(2)3)24(16(14-26)15-27-20)28-18-8-5-7-17(25)11-18;1-2-24-17-8-16-14(7-15(17)21)18(11(9-20)10-22-16)23-13-5-3-4-12(19)6-13/h5,7-8,11-13,15H,4,6,9-10H2,1-3H3,(H,27,28)(H,29,31);3-8,10H,2,21H2,1H3,(H,22,23). The van der Waals surface area contributed by atoms with Gasteiger partial charge in [0.05, 0.1) is 58.1 Å². The van der Waals surface area contributed by atoms with Crippen LogP contribution in [0.15, 0.2) is 85.2 Å². The molecular formula is C42H41Cl2N9O3. The van der Waals surface area contributed by atoms with Crippen molar-refractivity contribution in [2.75, 3.05) is 55.5 Å². The molecule has 4 aromatic carbocycles. The smallest absolute Gasteiger partial charge is 0.224 e. The third kappa shape index (κ3) is 10.5. The average molecular weight is 791 g/mol. The summed E-state index contributed by atoms with van der Waals surface area (Å²) in [6.07, 6.45) is 4.19. The first-order valence-corrected chi connectivity index (χ1v) is 18.5. The molecule has 56 heavy (non-hydrogen) atoms. The minimum absolute atomic E-state index is 0.0964. The highest BCUT2D eigenvalue weighted by Gasteiger charge is 2.17. The number of aromatic nitrogens is 2. The molecule has 2 heterocycles. The van der Waals surface area contributed by atoms with Crippen molar-refractivity contribution in [1.82, 2.24) is 14.9 Å². The highest BCUT2D eigenvalue weighted by atomic mass is 35.5. The van der Waals surface area contributed by atoms with Crippen LogP contribution in [-0.2, 0) is 4.79 Å². The molecule has 2 aromatic heterocycles. The van der Waals surface area contributed by atoms with Crippen molar-refractivity contribution < 1.29 is 14.3 Å². The number of hydrogen-bond donors (Lipinski definition) is 4. The van der Waals surface area contributed by atoms with Crippen molar-refractivity contribution in [2.24, 2.45) is 0 Å². The third-order valence-electron chi connectivity index (χ3n) is 8.28. The van der Waals surface area contributed by atoms with E-state index in [1.54, 1.807) is 48.5 Å². The molecule has 0 atom stereocenters. The Hall–Kier alpha value is -6.31. The summed E-state index contributed by atoms with van der Waals surface area (Å²) in [5, 5.41) is 31.2. The van der Waals surface area contributed by atoms with Gasteiger partial charge in [0.1, 0.15) is 23.6 Å². The normalized spacial score (nSPS) is 10.6. The van der Waals surface area contributed by atoms with Crippen LogP contribution in [-0.4, -0.2) is 54.6 Å². The molecule has 0 aliphatic heterocycles. The lowest BCUT2D eigenvalue weighted by Crippen LogP contribution is -2.17. The summed E-state index contributed by atoms with van der Waals surface area (Å²) in [6, 6.07) is 26.0. The molecule has 5 N–H and O–H groups in total. The summed E-state index contributed by atoms with van der Waals surface area (Å²) >= 11 is 12.1. The molecule has 1 amide bonds. The molecule has 6 aromatic rings. The van der Waals surface area contributed by atoms with E-state index >= 15 is 0 Å². The van der Waals surface area contributed by atoms with E-state index in [-0.39, 0.29) is 5.91 Å². The molecule has 0 fully saturated rings. The number of carbonyl (C=O) groups is 1. The lowest BCUT2D eigenvalue weighted by atomic mass is 10.1. The number of rotatable bonds is 13. The van der Waals surface area contributed by atoms with E-state index in [4.69, 9.17) is 38.4 Å². The van der Waals surface area contributed by atoms with Crippen molar-refractivity contribution in [2.45, 2.75) is 26.7 Å². The topological polar surface area (TPSA) is 174 Å². The van der Waals surface area contributed by atoms with E-state index in [1.807, 2.05) is 57.1 Å². The second kappa shape index (κ2) is 19.3. The van der Waals surface area contributed by atoms with Gasteiger partial charge in [-0.15, -0.1) is 0 Å². The zero-order valence-electron chi connectivity index (χ0n) is 31.4. The summed E-state index contributed by atoms with van der Waals surface area (Å²) in [7, 11) is 3.95. The van der Waals surface area contributed by atoms with E-state index in [0.717, 1.165) is 29.7 Å². The van der Waals surface area contributed by atoms with Gasteiger partial charge in [0.15, 0.2) is 0 Å². The number of hydrogen-bond acceptors (Lipinski definition) is 11. The van der Waals surface area contributed by atoms with Crippen molar-refractivity contribution in [1.29, 1.82) is 10.5 Å². The first kappa shape index (κ1) is 40.9. The fraction of sp³-hybridized carbons (Fsp3) is 0.214. The van der Waals surface area contributed by atoms with Crippen molar-refractivity contribution >= 4 is 85.0 Å². The number of nitrogens with zero attached hydrogens (tertiary/aromatic N) is 5. The van der Waals surface area contributed by atoms with Crippen LogP contribution in [0.5, 0.6) is 11.5 Å². The van der Waals surface area contributed by atoms with E-state index < -0.39 is 0 Å². The predicted octanol–water partition coefficient (Wildman–Crippen LogP) is 9.67. The third-order valence-corrected chi connectivity index (χ3v) is 8.75. The fourth-order valence-corrected chi connectivity index (χ4v) is 6.12. The Bertz CT molecular complexity index is 2440. The second-order valence-electron chi connectivity index (χ2n) is 12.7. The van der Waals surface area contributed by atoms with E-state index in [9.17, 15) is 15.3 Å². The Balaban J connectivity index is 0.000000223. The minimum Gasteiger partial charge on any atom is -0.492 e. The summed E-state index contributed by atoms with van der Waals surface area (Å²) in [6.45, 7) is 5.55. The van der Waals surface area contributed by atoms with Crippen molar-refractivity contribution in [3.63, 3.8) is 0 Å². The first-order valence-electron chi connectivity index (χ1n) is 17.8.